The van der Waals surface area contributed by atoms with E-state index in [1.807, 2.05) is 32.0 Å². The lowest BCUT2D eigenvalue weighted by atomic mass is 10.1. The van der Waals surface area contributed by atoms with Gasteiger partial charge >= 0.3 is 0 Å². The smallest absolute Gasteiger partial charge is 0.165 e. The highest BCUT2D eigenvalue weighted by Gasteiger charge is 2.10. The van der Waals surface area contributed by atoms with Crippen LogP contribution in [0.25, 0.3) is 0 Å². The van der Waals surface area contributed by atoms with Crippen molar-refractivity contribution in [1.29, 1.82) is 0 Å². The maximum absolute atomic E-state index is 13.6. The molecule has 0 heterocycles. The molecular formula is C15H16FNO. The van der Waals surface area contributed by atoms with Crippen LogP contribution in [-0.4, -0.2) is 0 Å². The molecule has 0 aliphatic rings. The number of benzene rings is 2. The van der Waals surface area contributed by atoms with E-state index in [1.165, 1.54) is 6.07 Å². The molecule has 2 N–H and O–H groups in total. The van der Waals surface area contributed by atoms with Crippen molar-refractivity contribution in [3.05, 3.63) is 59.4 Å². The lowest BCUT2D eigenvalue weighted by molar-refractivity contribution is 0.434. The molecule has 2 nitrogen and oxygen atoms in total. The molecule has 0 radical (unpaired) electrons. The Hall–Kier alpha value is -1.87. The number of halogens is 1. The van der Waals surface area contributed by atoms with E-state index >= 15 is 0 Å². The van der Waals surface area contributed by atoms with E-state index in [0.717, 1.165) is 11.1 Å². The quantitative estimate of drug-likeness (QED) is 0.888. The maximum Gasteiger partial charge on any atom is 0.165 e. The Kier molecular flexibility index (Phi) is 3.63. The van der Waals surface area contributed by atoms with Gasteiger partial charge < -0.3 is 10.5 Å². The molecule has 0 aliphatic carbocycles. The van der Waals surface area contributed by atoms with E-state index in [4.69, 9.17) is 10.5 Å². The fourth-order valence-corrected chi connectivity index (χ4v) is 1.76. The zero-order chi connectivity index (χ0) is 13.1. The van der Waals surface area contributed by atoms with Crippen LogP contribution >= 0.6 is 0 Å². The first-order valence-electron chi connectivity index (χ1n) is 5.86. The number of rotatable bonds is 3. The maximum atomic E-state index is 13.6. The van der Waals surface area contributed by atoms with Crippen LogP contribution in [0.3, 0.4) is 0 Å². The third kappa shape index (κ3) is 2.68. The van der Waals surface area contributed by atoms with Gasteiger partial charge in [0, 0.05) is 11.6 Å². The minimum absolute atomic E-state index is 0.158. The Morgan fingerprint density at radius 3 is 2.56 bits per heavy atom. The van der Waals surface area contributed by atoms with Gasteiger partial charge in [-0.15, -0.1) is 0 Å². The summed E-state index contributed by atoms with van der Waals surface area (Å²) in [6, 6.07) is 12.0. The van der Waals surface area contributed by atoms with Crippen LogP contribution in [-0.2, 0) is 0 Å². The van der Waals surface area contributed by atoms with E-state index in [-0.39, 0.29) is 17.6 Å². The van der Waals surface area contributed by atoms with Gasteiger partial charge in [-0.2, -0.15) is 0 Å². The van der Waals surface area contributed by atoms with Gasteiger partial charge in [-0.25, -0.2) is 4.39 Å². The fraction of sp³-hybridized carbons (Fsp3) is 0.200. The zero-order valence-corrected chi connectivity index (χ0v) is 10.5. The molecule has 0 saturated carbocycles. The highest BCUT2D eigenvalue weighted by molar-refractivity contribution is 5.40. The summed E-state index contributed by atoms with van der Waals surface area (Å²) in [6.45, 7) is 3.76. The number of hydrogen-bond acceptors (Lipinski definition) is 2. The Balaban J connectivity index is 2.37. The molecule has 0 fully saturated rings. The number of nitrogens with two attached hydrogens (primary N) is 1. The van der Waals surface area contributed by atoms with Crippen molar-refractivity contribution >= 4 is 0 Å². The van der Waals surface area contributed by atoms with Crippen LogP contribution in [0, 0.1) is 12.7 Å². The van der Waals surface area contributed by atoms with Crippen molar-refractivity contribution < 1.29 is 9.13 Å². The Bertz CT molecular complexity index is 552. The van der Waals surface area contributed by atoms with Crippen molar-refractivity contribution in [2.24, 2.45) is 5.73 Å². The average molecular weight is 245 g/mol. The molecule has 2 aromatic rings. The summed E-state index contributed by atoms with van der Waals surface area (Å²) in [4.78, 5) is 0. The molecular weight excluding hydrogens is 229 g/mol. The van der Waals surface area contributed by atoms with Gasteiger partial charge in [-0.3, -0.25) is 0 Å². The summed E-state index contributed by atoms with van der Waals surface area (Å²) in [7, 11) is 0. The number of hydrogen-bond donors (Lipinski definition) is 1. The van der Waals surface area contributed by atoms with Gasteiger partial charge in [-0.05, 0) is 37.6 Å². The van der Waals surface area contributed by atoms with Gasteiger partial charge in [0.2, 0.25) is 0 Å². The Morgan fingerprint density at radius 2 is 1.83 bits per heavy atom. The number of ether oxygens (including phenoxy) is 1. The standard InChI is InChI=1S/C15H16FNO/c1-10-7-8-13(16)15(9-10)18-14-6-4-3-5-12(14)11(2)17/h3-9,11H,17H2,1-2H3. The van der Waals surface area contributed by atoms with E-state index < -0.39 is 0 Å². The minimum Gasteiger partial charge on any atom is -0.454 e. The molecule has 2 aromatic carbocycles. The SMILES string of the molecule is Cc1ccc(F)c(Oc2ccccc2C(C)N)c1. The molecule has 0 aliphatic heterocycles. The third-order valence-electron chi connectivity index (χ3n) is 2.72. The topological polar surface area (TPSA) is 35.2 Å². The van der Waals surface area contributed by atoms with E-state index in [2.05, 4.69) is 0 Å². The van der Waals surface area contributed by atoms with Crippen LogP contribution in [0.15, 0.2) is 42.5 Å². The van der Waals surface area contributed by atoms with Crippen LogP contribution in [0.4, 0.5) is 4.39 Å². The van der Waals surface area contributed by atoms with E-state index in [9.17, 15) is 4.39 Å². The van der Waals surface area contributed by atoms with Gasteiger partial charge in [-0.1, -0.05) is 24.3 Å². The molecule has 0 bridgehead atoms. The summed E-state index contributed by atoms with van der Waals surface area (Å²) in [6.07, 6.45) is 0. The minimum atomic E-state index is -0.375. The second-order valence-electron chi connectivity index (χ2n) is 4.36. The van der Waals surface area contributed by atoms with Crippen molar-refractivity contribution in [1.82, 2.24) is 0 Å². The van der Waals surface area contributed by atoms with Crippen LogP contribution in [0.5, 0.6) is 11.5 Å². The van der Waals surface area contributed by atoms with Crippen LogP contribution in [0.2, 0.25) is 0 Å². The Morgan fingerprint density at radius 1 is 1.11 bits per heavy atom. The highest BCUT2D eigenvalue weighted by atomic mass is 19.1. The van der Waals surface area contributed by atoms with Crippen LogP contribution in [0.1, 0.15) is 24.1 Å². The molecule has 1 atom stereocenters. The number of aryl methyl sites for hydroxylation is 1. The molecule has 18 heavy (non-hydrogen) atoms. The van der Waals surface area contributed by atoms with E-state index in [0.29, 0.717) is 5.75 Å². The molecule has 0 amide bonds. The largest absolute Gasteiger partial charge is 0.454 e. The summed E-state index contributed by atoms with van der Waals surface area (Å²) < 4.78 is 19.3. The first kappa shape index (κ1) is 12.6. The average Bonchev–Trinajstić information content (AvgIpc) is 2.34. The normalized spacial score (nSPS) is 12.2. The highest BCUT2D eigenvalue weighted by Crippen LogP contribution is 2.30. The predicted octanol–water partition coefficient (Wildman–Crippen LogP) is 3.95. The summed E-state index contributed by atoms with van der Waals surface area (Å²) in [5, 5.41) is 0. The summed E-state index contributed by atoms with van der Waals surface area (Å²) in [5.41, 5.74) is 7.67. The summed E-state index contributed by atoms with van der Waals surface area (Å²) in [5.74, 6) is 0.445. The lowest BCUT2D eigenvalue weighted by Gasteiger charge is -2.14. The molecule has 0 spiro atoms. The first-order valence-corrected chi connectivity index (χ1v) is 5.86. The fourth-order valence-electron chi connectivity index (χ4n) is 1.76. The second-order valence-corrected chi connectivity index (χ2v) is 4.36. The van der Waals surface area contributed by atoms with Crippen molar-refractivity contribution in [3.8, 4) is 11.5 Å². The van der Waals surface area contributed by atoms with Crippen molar-refractivity contribution in [2.75, 3.05) is 0 Å². The third-order valence-corrected chi connectivity index (χ3v) is 2.72. The molecule has 1 unspecified atom stereocenters. The second kappa shape index (κ2) is 5.19. The lowest BCUT2D eigenvalue weighted by Crippen LogP contribution is -2.06. The molecule has 94 valence electrons. The van der Waals surface area contributed by atoms with Gasteiger partial charge in [0.15, 0.2) is 11.6 Å². The molecule has 2 rings (SSSR count). The van der Waals surface area contributed by atoms with Gasteiger partial charge in [0.25, 0.3) is 0 Å². The molecule has 3 heteroatoms. The monoisotopic (exact) mass is 245 g/mol. The van der Waals surface area contributed by atoms with Gasteiger partial charge in [0.1, 0.15) is 5.75 Å². The van der Waals surface area contributed by atoms with Crippen molar-refractivity contribution in [2.45, 2.75) is 19.9 Å². The zero-order valence-electron chi connectivity index (χ0n) is 10.5. The predicted molar refractivity (Wildman–Crippen MR) is 70.3 cm³/mol. The molecule has 0 aromatic heterocycles. The van der Waals surface area contributed by atoms with Crippen LogP contribution < -0.4 is 10.5 Å². The van der Waals surface area contributed by atoms with Crippen molar-refractivity contribution in [3.63, 3.8) is 0 Å². The first-order chi connectivity index (χ1) is 8.58. The summed E-state index contributed by atoms with van der Waals surface area (Å²) >= 11 is 0. The van der Waals surface area contributed by atoms with Gasteiger partial charge in [0.05, 0.1) is 0 Å². The molecule has 0 saturated heterocycles. The Labute approximate surface area is 106 Å². The number of para-hydroxylation sites is 1. The van der Waals surface area contributed by atoms with E-state index in [1.54, 1.807) is 18.2 Å².